The molecule has 3 rings (SSSR count). The van der Waals surface area contributed by atoms with Crippen LogP contribution in [0.5, 0.6) is 0 Å². The van der Waals surface area contributed by atoms with Gasteiger partial charge in [-0.3, -0.25) is 9.78 Å². The Hall–Kier alpha value is -2.73. The van der Waals surface area contributed by atoms with Gasteiger partial charge in [0.15, 0.2) is 9.84 Å². The zero-order chi connectivity index (χ0) is 16.4. The van der Waals surface area contributed by atoms with E-state index < -0.39 is 9.84 Å². The zero-order valence-corrected chi connectivity index (χ0v) is 13.2. The lowest BCUT2D eigenvalue weighted by atomic mass is 10.2. The number of para-hydroxylation sites is 1. The molecule has 0 fully saturated rings. The first-order valence-electron chi connectivity index (χ1n) is 6.90. The predicted molar refractivity (Wildman–Crippen MR) is 89.2 cm³/mol. The molecular formula is C17H14N2O3S. The normalized spacial score (nSPS) is 11.3. The third-order valence-electron chi connectivity index (χ3n) is 3.37. The number of anilines is 1. The number of amides is 1. The number of pyridine rings is 1. The van der Waals surface area contributed by atoms with Gasteiger partial charge in [0.25, 0.3) is 5.91 Å². The summed E-state index contributed by atoms with van der Waals surface area (Å²) < 4.78 is 23.1. The molecule has 0 aliphatic heterocycles. The van der Waals surface area contributed by atoms with E-state index in [1.54, 1.807) is 18.3 Å². The maximum atomic E-state index is 12.3. The minimum atomic E-state index is -3.35. The van der Waals surface area contributed by atoms with Crippen LogP contribution < -0.4 is 5.32 Å². The Balaban J connectivity index is 1.88. The average molecular weight is 326 g/mol. The van der Waals surface area contributed by atoms with Crippen LogP contribution in [0.3, 0.4) is 0 Å². The highest BCUT2D eigenvalue weighted by Crippen LogP contribution is 2.18. The molecule has 6 heteroatoms. The minimum absolute atomic E-state index is 0.113. The van der Waals surface area contributed by atoms with E-state index in [0.29, 0.717) is 5.69 Å². The topological polar surface area (TPSA) is 76.1 Å². The van der Waals surface area contributed by atoms with Crippen LogP contribution in [-0.2, 0) is 9.84 Å². The van der Waals surface area contributed by atoms with Crippen molar-refractivity contribution in [2.75, 3.05) is 11.6 Å². The minimum Gasteiger partial charge on any atom is -0.321 e. The van der Waals surface area contributed by atoms with Gasteiger partial charge in [0.2, 0.25) is 0 Å². The van der Waals surface area contributed by atoms with E-state index in [4.69, 9.17) is 0 Å². The van der Waals surface area contributed by atoms with Crippen molar-refractivity contribution < 1.29 is 13.2 Å². The van der Waals surface area contributed by atoms with Crippen LogP contribution in [0.2, 0.25) is 0 Å². The van der Waals surface area contributed by atoms with E-state index in [0.717, 1.165) is 17.2 Å². The average Bonchev–Trinajstić information content (AvgIpc) is 2.54. The Labute approximate surface area is 133 Å². The van der Waals surface area contributed by atoms with Gasteiger partial charge >= 0.3 is 0 Å². The van der Waals surface area contributed by atoms with Crippen LogP contribution >= 0.6 is 0 Å². The van der Waals surface area contributed by atoms with Crippen molar-refractivity contribution in [2.45, 2.75) is 4.90 Å². The lowest BCUT2D eigenvalue weighted by Crippen LogP contribution is -2.12. The molecule has 0 aliphatic carbocycles. The number of benzene rings is 2. The van der Waals surface area contributed by atoms with Crippen molar-refractivity contribution >= 4 is 32.3 Å². The Morgan fingerprint density at radius 3 is 2.61 bits per heavy atom. The van der Waals surface area contributed by atoms with Gasteiger partial charge in [-0.25, -0.2) is 8.42 Å². The lowest BCUT2D eigenvalue weighted by molar-refractivity contribution is 0.102. The first-order valence-corrected chi connectivity index (χ1v) is 8.79. The molecule has 0 saturated carbocycles. The Morgan fingerprint density at radius 1 is 1.04 bits per heavy atom. The molecule has 0 atom stereocenters. The Kier molecular flexibility index (Phi) is 3.83. The standard InChI is InChI=1S/C17H14N2O3S/c1-23(21,22)15-7-4-6-13(10-15)17(20)19-14-9-12-5-2-3-8-16(12)18-11-14/h2-11H,1H3,(H,19,20). The van der Waals surface area contributed by atoms with Gasteiger partial charge in [0.1, 0.15) is 0 Å². The maximum Gasteiger partial charge on any atom is 0.255 e. The number of sulfone groups is 1. The van der Waals surface area contributed by atoms with Crippen molar-refractivity contribution in [1.82, 2.24) is 4.98 Å². The van der Waals surface area contributed by atoms with Crippen LogP contribution in [0.1, 0.15) is 10.4 Å². The molecule has 23 heavy (non-hydrogen) atoms. The number of carbonyl (C=O) groups excluding carboxylic acids is 1. The van der Waals surface area contributed by atoms with Gasteiger partial charge in [-0.15, -0.1) is 0 Å². The molecule has 0 saturated heterocycles. The number of carbonyl (C=O) groups is 1. The molecule has 1 N–H and O–H groups in total. The van der Waals surface area contributed by atoms with E-state index in [-0.39, 0.29) is 16.4 Å². The number of hydrogen-bond acceptors (Lipinski definition) is 4. The second-order valence-corrected chi connectivity index (χ2v) is 7.19. The summed E-state index contributed by atoms with van der Waals surface area (Å²) in [5.74, 6) is -0.382. The molecule has 1 heterocycles. The quantitative estimate of drug-likeness (QED) is 0.803. The SMILES string of the molecule is CS(=O)(=O)c1cccc(C(=O)Nc2cnc3ccccc3c2)c1. The molecule has 5 nitrogen and oxygen atoms in total. The Morgan fingerprint density at radius 2 is 1.83 bits per heavy atom. The summed E-state index contributed by atoms with van der Waals surface area (Å²) in [6, 6.07) is 15.3. The maximum absolute atomic E-state index is 12.3. The van der Waals surface area contributed by atoms with Crippen molar-refractivity contribution in [1.29, 1.82) is 0 Å². The molecule has 2 aromatic carbocycles. The summed E-state index contributed by atoms with van der Waals surface area (Å²) in [4.78, 5) is 16.7. The molecule has 1 aromatic heterocycles. The van der Waals surface area contributed by atoms with Crippen molar-refractivity contribution in [2.24, 2.45) is 0 Å². The first kappa shape index (κ1) is 15.2. The smallest absolute Gasteiger partial charge is 0.255 e. The molecule has 0 spiro atoms. The largest absolute Gasteiger partial charge is 0.321 e. The highest BCUT2D eigenvalue weighted by molar-refractivity contribution is 7.90. The van der Waals surface area contributed by atoms with Crippen LogP contribution in [0.4, 0.5) is 5.69 Å². The molecule has 116 valence electrons. The van der Waals surface area contributed by atoms with E-state index in [2.05, 4.69) is 10.3 Å². The molecule has 0 radical (unpaired) electrons. The van der Waals surface area contributed by atoms with Crippen LogP contribution in [0.15, 0.2) is 65.7 Å². The third-order valence-corrected chi connectivity index (χ3v) is 4.48. The second kappa shape index (κ2) is 5.81. The van der Waals surface area contributed by atoms with Gasteiger partial charge < -0.3 is 5.32 Å². The summed E-state index contributed by atoms with van der Waals surface area (Å²) in [6.45, 7) is 0. The number of rotatable bonds is 3. The van der Waals surface area contributed by atoms with E-state index >= 15 is 0 Å². The summed E-state index contributed by atoms with van der Waals surface area (Å²) in [6.07, 6.45) is 2.68. The summed E-state index contributed by atoms with van der Waals surface area (Å²) in [5.41, 5.74) is 1.67. The van der Waals surface area contributed by atoms with Crippen LogP contribution in [0.25, 0.3) is 10.9 Å². The second-order valence-electron chi connectivity index (χ2n) is 5.17. The van der Waals surface area contributed by atoms with Crippen LogP contribution in [-0.4, -0.2) is 25.6 Å². The van der Waals surface area contributed by atoms with Gasteiger partial charge in [-0.1, -0.05) is 24.3 Å². The monoisotopic (exact) mass is 326 g/mol. The fraction of sp³-hybridized carbons (Fsp3) is 0.0588. The molecular weight excluding hydrogens is 312 g/mol. The number of hydrogen-bond donors (Lipinski definition) is 1. The van der Waals surface area contributed by atoms with Gasteiger partial charge in [0, 0.05) is 17.2 Å². The van der Waals surface area contributed by atoms with Crippen molar-refractivity contribution in [3.05, 3.63) is 66.4 Å². The van der Waals surface area contributed by atoms with Gasteiger partial charge in [-0.2, -0.15) is 0 Å². The predicted octanol–water partition coefficient (Wildman–Crippen LogP) is 2.89. The summed E-state index contributed by atoms with van der Waals surface area (Å²) in [7, 11) is -3.35. The molecule has 3 aromatic rings. The number of fused-ring (bicyclic) bond motifs is 1. The van der Waals surface area contributed by atoms with Crippen molar-refractivity contribution in [3.63, 3.8) is 0 Å². The number of aromatic nitrogens is 1. The van der Waals surface area contributed by atoms with Crippen LogP contribution in [0, 0.1) is 0 Å². The number of nitrogens with zero attached hydrogens (tertiary/aromatic N) is 1. The fourth-order valence-corrected chi connectivity index (χ4v) is 2.88. The molecule has 0 bridgehead atoms. The van der Waals surface area contributed by atoms with Gasteiger partial charge in [0.05, 0.1) is 22.3 Å². The summed E-state index contributed by atoms with van der Waals surface area (Å²) in [5, 5.41) is 3.64. The van der Waals surface area contributed by atoms with E-state index in [9.17, 15) is 13.2 Å². The molecule has 1 amide bonds. The number of nitrogens with one attached hydrogen (secondary N) is 1. The summed E-state index contributed by atoms with van der Waals surface area (Å²) >= 11 is 0. The highest BCUT2D eigenvalue weighted by atomic mass is 32.2. The molecule has 0 aliphatic rings. The van der Waals surface area contributed by atoms with E-state index in [1.165, 1.54) is 12.1 Å². The zero-order valence-electron chi connectivity index (χ0n) is 12.4. The highest BCUT2D eigenvalue weighted by Gasteiger charge is 2.12. The fourth-order valence-electron chi connectivity index (χ4n) is 2.21. The van der Waals surface area contributed by atoms with Crippen molar-refractivity contribution in [3.8, 4) is 0 Å². The van der Waals surface area contributed by atoms with Gasteiger partial charge in [-0.05, 0) is 30.3 Å². The third kappa shape index (κ3) is 3.37. The molecule has 0 unspecified atom stereocenters. The Bertz CT molecular complexity index is 997. The lowest BCUT2D eigenvalue weighted by Gasteiger charge is -2.07. The van der Waals surface area contributed by atoms with E-state index in [1.807, 2.05) is 30.3 Å². The first-order chi connectivity index (χ1) is 10.9.